The van der Waals surface area contributed by atoms with Crippen molar-refractivity contribution in [2.45, 2.75) is 0 Å². The molecule has 0 aliphatic heterocycles. The van der Waals surface area contributed by atoms with E-state index >= 15 is 0 Å². The first kappa shape index (κ1) is 7.39. The summed E-state index contributed by atoms with van der Waals surface area (Å²) < 4.78 is 3.15. The third kappa shape index (κ3) is 1.63. The molecule has 0 fully saturated rings. The van der Waals surface area contributed by atoms with Crippen LogP contribution in [0.2, 0.25) is 0 Å². The average Bonchev–Trinajstić information content (AvgIpc) is 1.94. The van der Waals surface area contributed by atoms with Gasteiger partial charge in [-0.2, -0.15) is 5.10 Å². The zero-order valence-electron chi connectivity index (χ0n) is 5.03. The van der Waals surface area contributed by atoms with Crippen molar-refractivity contribution in [3.05, 3.63) is 22.1 Å². The Bertz CT molecular complexity index is 290. The highest BCUT2D eigenvalue weighted by Gasteiger charge is 1.83. The maximum atomic E-state index is 7.21. The van der Waals surface area contributed by atoms with Gasteiger partial charge in [0, 0.05) is 6.20 Å². The highest BCUT2D eigenvalue weighted by atomic mass is 127. The van der Waals surface area contributed by atoms with Gasteiger partial charge in [-0.25, -0.2) is 9.67 Å². The summed E-state index contributed by atoms with van der Waals surface area (Å²) in [5, 5.41) is 11.1. The SMILES string of the molecule is N=c1nccnn1/C=C\I. The second kappa shape index (κ2) is 3.45. The molecule has 10 heavy (non-hydrogen) atoms. The van der Waals surface area contributed by atoms with Crippen molar-refractivity contribution in [1.29, 1.82) is 5.41 Å². The highest BCUT2D eigenvalue weighted by Crippen LogP contribution is 1.83. The van der Waals surface area contributed by atoms with Crippen LogP contribution in [0, 0.1) is 5.41 Å². The Balaban J connectivity index is 3.16. The Morgan fingerprint density at radius 3 is 3.00 bits per heavy atom. The molecule has 52 valence electrons. The van der Waals surface area contributed by atoms with Crippen LogP contribution in [0.5, 0.6) is 0 Å². The van der Waals surface area contributed by atoms with Crippen molar-refractivity contribution in [1.82, 2.24) is 14.8 Å². The number of halogens is 1. The van der Waals surface area contributed by atoms with Crippen molar-refractivity contribution in [3.63, 3.8) is 0 Å². The van der Waals surface area contributed by atoms with Crippen molar-refractivity contribution in [2.75, 3.05) is 0 Å². The first-order chi connectivity index (χ1) is 4.84. The lowest BCUT2D eigenvalue weighted by molar-refractivity contribution is 0.758. The third-order valence-corrected chi connectivity index (χ3v) is 1.19. The molecule has 1 heterocycles. The average molecular weight is 248 g/mol. The minimum Gasteiger partial charge on any atom is -0.265 e. The number of rotatable bonds is 1. The molecule has 0 aromatic carbocycles. The fourth-order valence-corrected chi connectivity index (χ4v) is 0.787. The van der Waals surface area contributed by atoms with Gasteiger partial charge in [-0.05, 0) is 4.08 Å². The fourth-order valence-electron chi connectivity index (χ4n) is 0.482. The molecule has 1 aromatic heterocycles. The van der Waals surface area contributed by atoms with Gasteiger partial charge in [0.25, 0.3) is 0 Å². The normalized spacial score (nSPS) is 10.5. The molecule has 0 spiro atoms. The largest absolute Gasteiger partial charge is 0.265 e. The zero-order valence-corrected chi connectivity index (χ0v) is 7.19. The number of aromatic nitrogens is 3. The second-order valence-corrected chi connectivity index (χ2v) is 2.21. The van der Waals surface area contributed by atoms with Gasteiger partial charge in [0.1, 0.15) is 0 Å². The number of hydrogen-bond donors (Lipinski definition) is 1. The lowest BCUT2D eigenvalue weighted by atomic mass is 10.8. The van der Waals surface area contributed by atoms with Crippen molar-refractivity contribution in [2.24, 2.45) is 0 Å². The van der Waals surface area contributed by atoms with Crippen molar-refractivity contribution < 1.29 is 0 Å². The van der Waals surface area contributed by atoms with Crippen LogP contribution in [-0.4, -0.2) is 14.8 Å². The molecule has 0 aliphatic rings. The molecule has 0 aliphatic carbocycles. The van der Waals surface area contributed by atoms with Crippen LogP contribution in [-0.2, 0) is 0 Å². The van der Waals surface area contributed by atoms with Gasteiger partial charge in [-0.3, -0.25) is 5.41 Å². The van der Waals surface area contributed by atoms with E-state index in [9.17, 15) is 0 Å². The maximum absolute atomic E-state index is 7.21. The number of nitrogens with one attached hydrogen (secondary N) is 1. The van der Waals surface area contributed by atoms with E-state index in [1.807, 2.05) is 0 Å². The van der Waals surface area contributed by atoms with E-state index in [0.29, 0.717) is 0 Å². The molecule has 0 unspecified atom stereocenters. The fraction of sp³-hybridized carbons (Fsp3) is 0. The molecule has 4 nitrogen and oxygen atoms in total. The van der Waals surface area contributed by atoms with Gasteiger partial charge in [-0.1, -0.05) is 22.6 Å². The first-order valence-electron chi connectivity index (χ1n) is 2.56. The highest BCUT2D eigenvalue weighted by molar-refractivity contribution is 14.1. The molecule has 0 saturated carbocycles. The van der Waals surface area contributed by atoms with E-state index in [0.717, 1.165) is 0 Å². The zero-order chi connectivity index (χ0) is 7.40. The summed E-state index contributed by atoms with van der Waals surface area (Å²) in [6, 6.07) is 0. The molecular weight excluding hydrogens is 243 g/mol. The first-order valence-corrected chi connectivity index (χ1v) is 3.80. The van der Waals surface area contributed by atoms with Gasteiger partial charge in [0.2, 0.25) is 5.62 Å². The van der Waals surface area contributed by atoms with Gasteiger partial charge >= 0.3 is 0 Å². The van der Waals surface area contributed by atoms with Crippen LogP contribution >= 0.6 is 22.6 Å². The van der Waals surface area contributed by atoms with Crippen molar-refractivity contribution >= 4 is 28.8 Å². The van der Waals surface area contributed by atoms with E-state index in [2.05, 4.69) is 32.7 Å². The molecule has 1 rings (SSSR count). The smallest absolute Gasteiger partial charge is 0.242 e. The van der Waals surface area contributed by atoms with Crippen LogP contribution in [0.15, 0.2) is 16.5 Å². The van der Waals surface area contributed by atoms with Gasteiger partial charge in [0.05, 0.1) is 12.4 Å². The van der Waals surface area contributed by atoms with Crippen LogP contribution < -0.4 is 5.62 Å². The van der Waals surface area contributed by atoms with Gasteiger partial charge in [0.15, 0.2) is 0 Å². The van der Waals surface area contributed by atoms with Gasteiger partial charge in [-0.15, -0.1) is 0 Å². The third-order valence-electron chi connectivity index (χ3n) is 0.869. The minimum absolute atomic E-state index is 0.135. The molecular formula is C5H5IN4. The van der Waals surface area contributed by atoms with E-state index < -0.39 is 0 Å². The number of hydrogen-bond acceptors (Lipinski definition) is 3. The minimum atomic E-state index is 0.135. The molecule has 5 heteroatoms. The Labute approximate surface area is 71.3 Å². The summed E-state index contributed by atoms with van der Waals surface area (Å²) in [6.07, 6.45) is 4.68. The summed E-state index contributed by atoms with van der Waals surface area (Å²) in [4.78, 5) is 3.71. The Hall–Kier alpha value is -0.720. The summed E-state index contributed by atoms with van der Waals surface area (Å²) in [5.41, 5.74) is 0.135. The molecule has 0 amide bonds. The summed E-state index contributed by atoms with van der Waals surface area (Å²) in [6.45, 7) is 0. The van der Waals surface area contributed by atoms with Crippen LogP contribution in [0.1, 0.15) is 0 Å². The summed E-state index contributed by atoms with van der Waals surface area (Å²) >= 11 is 2.06. The molecule has 1 aromatic rings. The van der Waals surface area contributed by atoms with Crippen molar-refractivity contribution in [3.8, 4) is 0 Å². The molecule has 0 saturated heterocycles. The monoisotopic (exact) mass is 248 g/mol. The Morgan fingerprint density at radius 1 is 1.60 bits per heavy atom. The van der Waals surface area contributed by atoms with Gasteiger partial charge < -0.3 is 0 Å². The van der Waals surface area contributed by atoms with E-state index in [-0.39, 0.29) is 5.62 Å². The quantitative estimate of drug-likeness (QED) is 0.740. The molecule has 1 N–H and O–H groups in total. The van der Waals surface area contributed by atoms with E-state index in [1.165, 1.54) is 17.1 Å². The predicted molar refractivity (Wildman–Crippen MR) is 45.2 cm³/mol. The van der Waals surface area contributed by atoms with Crippen LogP contribution in [0.4, 0.5) is 0 Å². The summed E-state index contributed by atoms with van der Waals surface area (Å²) in [7, 11) is 0. The number of nitrogens with zero attached hydrogens (tertiary/aromatic N) is 3. The lowest BCUT2D eigenvalue weighted by Crippen LogP contribution is -2.20. The lowest BCUT2D eigenvalue weighted by Gasteiger charge is -1.92. The topological polar surface area (TPSA) is 54.6 Å². The predicted octanol–water partition coefficient (Wildman–Crippen LogP) is 0.621. The molecule has 0 radical (unpaired) electrons. The Morgan fingerprint density at radius 2 is 2.40 bits per heavy atom. The Kier molecular flexibility index (Phi) is 2.55. The van der Waals surface area contributed by atoms with Crippen LogP contribution in [0.25, 0.3) is 6.20 Å². The second-order valence-electron chi connectivity index (χ2n) is 1.49. The van der Waals surface area contributed by atoms with Crippen LogP contribution in [0.3, 0.4) is 0 Å². The maximum Gasteiger partial charge on any atom is 0.242 e. The summed E-state index contributed by atoms with van der Waals surface area (Å²) in [5.74, 6) is 0. The standard InChI is InChI=1S/C5H5IN4/c6-1-4-10-5(7)8-2-3-9-10/h1-4,7H/b4-1-,7-5?. The molecule has 0 atom stereocenters. The van der Waals surface area contributed by atoms with E-state index in [4.69, 9.17) is 5.41 Å². The van der Waals surface area contributed by atoms with E-state index in [1.54, 1.807) is 10.3 Å². The molecule has 0 bridgehead atoms.